The van der Waals surface area contributed by atoms with E-state index in [0.29, 0.717) is 23.5 Å². The van der Waals surface area contributed by atoms with Gasteiger partial charge in [0.1, 0.15) is 5.82 Å². The SMILES string of the molecule is Cc1c(C(=O)NCc2cn3ccsc3n2)cnn1-c1ccc(F)cc1. The average Bonchev–Trinajstić information content (AvgIpc) is 3.28. The van der Waals surface area contributed by atoms with E-state index in [4.69, 9.17) is 0 Å². The second-order valence-corrected chi connectivity index (χ2v) is 6.41. The van der Waals surface area contributed by atoms with Gasteiger partial charge in [0.05, 0.1) is 35.4 Å². The minimum atomic E-state index is -0.313. The van der Waals surface area contributed by atoms with Crippen LogP contribution >= 0.6 is 11.3 Å². The average molecular weight is 355 g/mol. The number of aromatic nitrogens is 4. The molecule has 0 fully saturated rings. The first-order valence-corrected chi connectivity index (χ1v) is 8.49. The number of hydrogen-bond acceptors (Lipinski definition) is 4. The molecule has 0 unspecified atom stereocenters. The number of nitrogens with zero attached hydrogens (tertiary/aromatic N) is 4. The third kappa shape index (κ3) is 2.91. The lowest BCUT2D eigenvalue weighted by atomic mass is 10.2. The van der Waals surface area contributed by atoms with E-state index in [-0.39, 0.29) is 11.7 Å². The Morgan fingerprint density at radius 2 is 2.12 bits per heavy atom. The Bertz CT molecular complexity index is 1020. The molecule has 0 saturated heterocycles. The van der Waals surface area contributed by atoms with E-state index in [2.05, 4.69) is 15.4 Å². The minimum Gasteiger partial charge on any atom is -0.346 e. The smallest absolute Gasteiger partial charge is 0.255 e. The molecule has 3 aromatic heterocycles. The quantitative estimate of drug-likeness (QED) is 0.612. The Hall–Kier alpha value is -3.00. The van der Waals surface area contributed by atoms with Crippen LogP contribution in [-0.4, -0.2) is 25.1 Å². The summed E-state index contributed by atoms with van der Waals surface area (Å²) in [5.41, 5.74) is 2.66. The van der Waals surface area contributed by atoms with Gasteiger partial charge < -0.3 is 5.32 Å². The lowest BCUT2D eigenvalue weighted by molar-refractivity contribution is 0.0950. The largest absolute Gasteiger partial charge is 0.346 e. The monoisotopic (exact) mass is 355 g/mol. The van der Waals surface area contributed by atoms with Crippen molar-refractivity contribution in [2.45, 2.75) is 13.5 Å². The van der Waals surface area contributed by atoms with Crippen molar-refractivity contribution in [1.29, 1.82) is 0 Å². The maximum Gasteiger partial charge on any atom is 0.255 e. The number of rotatable bonds is 4. The lowest BCUT2D eigenvalue weighted by Crippen LogP contribution is -2.23. The first-order chi connectivity index (χ1) is 12.1. The molecule has 1 N–H and O–H groups in total. The molecular weight excluding hydrogens is 341 g/mol. The Morgan fingerprint density at radius 1 is 1.32 bits per heavy atom. The molecule has 4 rings (SSSR count). The van der Waals surface area contributed by atoms with E-state index in [9.17, 15) is 9.18 Å². The molecule has 4 aromatic rings. The van der Waals surface area contributed by atoms with Crippen molar-refractivity contribution in [1.82, 2.24) is 24.5 Å². The number of amides is 1. The number of imidazole rings is 1. The Labute approximate surface area is 146 Å². The molecule has 3 heterocycles. The van der Waals surface area contributed by atoms with Gasteiger partial charge in [0.25, 0.3) is 5.91 Å². The zero-order valence-corrected chi connectivity index (χ0v) is 14.1. The molecule has 8 heteroatoms. The lowest BCUT2D eigenvalue weighted by Gasteiger charge is -2.06. The van der Waals surface area contributed by atoms with Crippen LogP contribution < -0.4 is 5.32 Å². The van der Waals surface area contributed by atoms with Crippen molar-refractivity contribution < 1.29 is 9.18 Å². The highest BCUT2D eigenvalue weighted by Crippen LogP contribution is 2.15. The topological polar surface area (TPSA) is 64.2 Å². The van der Waals surface area contributed by atoms with Crippen LogP contribution in [0.4, 0.5) is 4.39 Å². The van der Waals surface area contributed by atoms with Crippen LogP contribution in [0.15, 0.2) is 48.2 Å². The highest BCUT2D eigenvalue weighted by atomic mass is 32.1. The zero-order chi connectivity index (χ0) is 17.4. The second-order valence-electron chi connectivity index (χ2n) is 5.54. The molecule has 1 aromatic carbocycles. The number of carbonyl (C=O) groups is 1. The van der Waals surface area contributed by atoms with E-state index in [0.717, 1.165) is 10.7 Å². The first-order valence-electron chi connectivity index (χ1n) is 7.61. The molecule has 25 heavy (non-hydrogen) atoms. The normalized spacial score (nSPS) is 11.1. The van der Waals surface area contributed by atoms with E-state index < -0.39 is 0 Å². The van der Waals surface area contributed by atoms with Gasteiger partial charge in [0, 0.05) is 17.8 Å². The summed E-state index contributed by atoms with van der Waals surface area (Å²) in [5, 5.41) is 9.05. The van der Waals surface area contributed by atoms with Crippen LogP contribution in [0.5, 0.6) is 0 Å². The van der Waals surface area contributed by atoms with Crippen LogP contribution in [0, 0.1) is 12.7 Å². The van der Waals surface area contributed by atoms with E-state index in [1.807, 2.05) is 22.2 Å². The summed E-state index contributed by atoms with van der Waals surface area (Å²) < 4.78 is 16.6. The maximum absolute atomic E-state index is 13.1. The number of carbonyl (C=O) groups excluding carboxylic acids is 1. The number of hydrogen-bond donors (Lipinski definition) is 1. The van der Waals surface area contributed by atoms with Crippen LogP contribution in [0.25, 0.3) is 10.6 Å². The zero-order valence-electron chi connectivity index (χ0n) is 13.3. The highest BCUT2D eigenvalue weighted by Gasteiger charge is 2.15. The number of fused-ring (bicyclic) bond motifs is 1. The van der Waals surface area contributed by atoms with Gasteiger partial charge in [-0.05, 0) is 31.2 Å². The van der Waals surface area contributed by atoms with Crippen molar-refractivity contribution in [3.05, 3.63) is 71.0 Å². The van der Waals surface area contributed by atoms with Gasteiger partial charge in [-0.3, -0.25) is 9.20 Å². The van der Waals surface area contributed by atoms with Gasteiger partial charge in [-0.15, -0.1) is 11.3 Å². The van der Waals surface area contributed by atoms with Crippen molar-refractivity contribution in [2.75, 3.05) is 0 Å². The van der Waals surface area contributed by atoms with Gasteiger partial charge in [0.15, 0.2) is 4.96 Å². The Kier molecular flexibility index (Phi) is 3.81. The molecule has 0 atom stereocenters. The first kappa shape index (κ1) is 15.5. The molecule has 1 amide bonds. The molecule has 0 spiro atoms. The number of nitrogens with one attached hydrogen (secondary N) is 1. The summed E-state index contributed by atoms with van der Waals surface area (Å²) in [4.78, 5) is 17.8. The molecule has 0 aliphatic heterocycles. The summed E-state index contributed by atoms with van der Waals surface area (Å²) >= 11 is 1.54. The number of halogens is 1. The highest BCUT2D eigenvalue weighted by molar-refractivity contribution is 7.15. The fourth-order valence-electron chi connectivity index (χ4n) is 2.60. The number of benzene rings is 1. The van der Waals surface area contributed by atoms with Crippen LogP contribution in [0.2, 0.25) is 0 Å². The molecule has 6 nitrogen and oxygen atoms in total. The van der Waals surface area contributed by atoms with E-state index >= 15 is 0 Å². The molecule has 0 radical (unpaired) electrons. The third-order valence-corrected chi connectivity index (χ3v) is 4.67. The Morgan fingerprint density at radius 3 is 2.88 bits per heavy atom. The summed E-state index contributed by atoms with van der Waals surface area (Å²) in [6.45, 7) is 2.15. The van der Waals surface area contributed by atoms with Gasteiger partial charge in [-0.25, -0.2) is 14.1 Å². The van der Waals surface area contributed by atoms with Crippen molar-refractivity contribution in [3.63, 3.8) is 0 Å². The Balaban J connectivity index is 1.50. The molecule has 126 valence electrons. The predicted octanol–water partition coefficient (Wildman–Crippen LogP) is 2.96. The van der Waals surface area contributed by atoms with Crippen LogP contribution in [0.3, 0.4) is 0 Å². The summed E-state index contributed by atoms with van der Waals surface area (Å²) in [6.07, 6.45) is 5.33. The van der Waals surface area contributed by atoms with Crippen molar-refractivity contribution in [3.8, 4) is 5.69 Å². The standard InChI is InChI=1S/C17H14FN5OS/c1-11-15(9-20-23(11)14-4-2-12(18)3-5-14)16(24)19-8-13-10-22-6-7-25-17(22)21-13/h2-7,9-10H,8H2,1H3,(H,19,24). The van der Waals surface area contributed by atoms with Crippen LogP contribution in [-0.2, 0) is 6.54 Å². The van der Waals surface area contributed by atoms with Crippen molar-refractivity contribution in [2.24, 2.45) is 0 Å². The van der Waals surface area contributed by atoms with Crippen molar-refractivity contribution >= 4 is 22.2 Å². The molecule has 0 aliphatic carbocycles. The molecule has 0 bridgehead atoms. The summed E-state index contributed by atoms with van der Waals surface area (Å²) in [5.74, 6) is -0.534. The van der Waals surface area contributed by atoms with E-state index in [1.165, 1.54) is 18.3 Å². The molecule has 0 aliphatic rings. The summed E-state index contributed by atoms with van der Waals surface area (Å²) in [6, 6.07) is 5.96. The van der Waals surface area contributed by atoms with Gasteiger partial charge in [-0.1, -0.05) is 0 Å². The fraction of sp³-hybridized carbons (Fsp3) is 0.118. The third-order valence-electron chi connectivity index (χ3n) is 3.90. The maximum atomic E-state index is 13.1. The number of thiazole rings is 1. The van der Waals surface area contributed by atoms with Gasteiger partial charge in [0.2, 0.25) is 0 Å². The predicted molar refractivity (Wildman–Crippen MR) is 92.5 cm³/mol. The summed E-state index contributed by atoms with van der Waals surface area (Å²) in [7, 11) is 0. The minimum absolute atomic E-state index is 0.220. The van der Waals surface area contributed by atoms with Crippen LogP contribution in [0.1, 0.15) is 21.7 Å². The second kappa shape index (κ2) is 6.14. The van der Waals surface area contributed by atoms with Gasteiger partial charge in [-0.2, -0.15) is 5.10 Å². The molecular formula is C17H14FN5OS. The van der Waals surface area contributed by atoms with Gasteiger partial charge >= 0.3 is 0 Å². The van der Waals surface area contributed by atoms with E-state index in [1.54, 1.807) is 35.1 Å². The fourth-order valence-corrected chi connectivity index (χ4v) is 3.32. The molecule has 0 saturated carbocycles.